The number of nitriles is 1. The van der Waals surface area contributed by atoms with Gasteiger partial charge in [0.15, 0.2) is 5.11 Å². The van der Waals surface area contributed by atoms with Crippen molar-refractivity contribution in [2.24, 2.45) is 5.73 Å². The Labute approximate surface area is 117 Å². The number of benzene rings is 1. The molecule has 1 amide bonds. The van der Waals surface area contributed by atoms with E-state index in [2.05, 4.69) is 10.6 Å². The Morgan fingerprint density at radius 3 is 2.47 bits per heavy atom. The molecular formula is C13H14N4OS. The van der Waals surface area contributed by atoms with Gasteiger partial charge in [-0.05, 0) is 37.2 Å². The Bertz CT molecular complexity index is 567. The van der Waals surface area contributed by atoms with Crippen molar-refractivity contribution in [3.8, 4) is 6.07 Å². The number of thiocarbonyl (C=S) groups is 1. The Kier molecular flexibility index (Phi) is 5.03. The molecule has 1 rings (SSSR count). The summed E-state index contributed by atoms with van der Waals surface area (Å²) in [6.45, 7) is 3.91. The molecule has 0 spiro atoms. The fourth-order valence-corrected chi connectivity index (χ4v) is 1.62. The second kappa shape index (κ2) is 6.52. The number of rotatable bonds is 3. The van der Waals surface area contributed by atoms with Crippen LogP contribution in [0.2, 0.25) is 0 Å². The van der Waals surface area contributed by atoms with E-state index in [4.69, 9.17) is 23.2 Å². The van der Waals surface area contributed by atoms with Crippen molar-refractivity contribution in [2.75, 3.05) is 5.32 Å². The summed E-state index contributed by atoms with van der Waals surface area (Å²) >= 11 is 5.08. The zero-order valence-corrected chi connectivity index (χ0v) is 11.5. The maximum atomic E-state index is 10.8. The Morgan fingerprint density at radius 2 is 2.00 bits per heavy atom. The average molecular weight is 274 g/mol. The number of hydrogen-bond acceptors (Lipinski definition) is 3. The van der Waals surface area contributed by atoms with Crippen molar-refractivity contribution in [1.82, 2.24) is 5.32 Å². The van der Waals surface area contributed by atoms with Crippen molar-refractivity contribution >= 4 is 28.9 Å². The number of primary amides is 1. The molecule has 0 aliphatic heterocycles. The van der Waals surface area contributed by atoms with Gasteiger partial charge < -0.3 is 16.4 Å². The van der Waals surface area contributed by atoms with Crippen LogP contribution in [0.4, 0.5) is 5.69 Å². The van der Waals surface area contributed by atoms with Gasteiger partial charge in [0.25, 0.3) is 5.91 Å². The minimum atomic E-state index is -0.801. The third-order valence-electron chi connectivity index (χ3n) is 2.45. The van der Waals surface area contributed by atoms with E-state index < -0.39 is 5.91 Å². The van der Waals surface area contributed by atoms with Crippen LogP contribution in [-0.4, -0.2) is 11.0 Å². The normalized spacial score (nSPS) is 10.5. The van der Waals surface area contributed by atoms with Crippen molar-refractivity contribution in [3.05, 3.63) is 41.1 Å². The number of para-hydroxylation sites is 1. The molecule has 0 fully saturated rings. The number of hydrogen-bond donors (Lipinski definition) is 3. The number of nitrogens with one attached hydrogen (secondary N) is 2. The SMILES string of the molecule is Cc1cccc(C)c1NC(=S)N/C=C(/C#N)C(N)=O. The minimum Gasteiger partial charge on any atom is -0.365 e. The maximum absolute atomic E-state index is 10.8. The first-order valence-corrected chi connectivity index (χ1v) is 5.90. The smallest absolute Gasteiger partial charge is 0.260 e. The molecule has 0 saturated heterocycles. The molecule has 6 heteroatoms. The van der Waals surface area contributed by atoms with E-state index in [1.54, 1.807) is 6.07 Å². The van der Waals surface area contributed by atoms with Crippen LogP contribution in [0.3, 0.4) is 0 Å². The largest absolute Gasteiger partial charge is 0.365 e. The standard InChI is InChI=1S/C13H14N4OS/c1-8-4-3-5-9(2)11(8)17-13(19)16-7-10(6-14)12(15)18/h3-5,7H,1-2H3,(H2,15,18)(H2,16,17,19)/b10-7-. The minimum absolute atomic E-state index is 0.189. The fraction of sp³-hybridized carbons (Fsp3) is 0.154. The average Bonchev–Trinajstić information content (AvgIpc) is 2.34. The quantitative estimate of drug-likeness (QED) is 0.441. The van der Waals surface area contributed by atoms with Crippen molar-refractivity contribution in [1.29, 1.82) is 5.26 Å². The number of carbonyl (C=O) groups excluding carboxylic acids is 1. The van der Waals surface area contributed by atoms with Gasteiger partial charge >= 0.3 is 0 Å². The van der Waals surface area contributed by atoms with Gasteiger partial charge in [-0.25, -0.2) is 0 Å². The summed E-state index contributed by atoms with van der Waals surface area (Å²) in [5.74, 6) is -0.801. The van der Waals surface area contributed by atoms with Crippen molar-refractivity contribution in [2.45, 2.75) is 13.8 Å². The summed E-state index contributed by atoms with van der Waals surface area (Å²) in [6, 6.07) is 7.54. The monoisotopic (exact) mass is 274 g/mol. The van der Waals surface area contributed by atoms with Crippen LogP contribution >= 0.6 is 12.2 Å². The van der Waals surface area contributed by atoms with Gasteiger partial charge in [-0.1, -0.05) is 18.2 Å². The van der Waals surface area contributed by atoms with Crippen LogP contribution in [0.1, 0.15) is 11.1 Å². The van der Waals surface area contributed by atoms with Crippen molar-refractivity contribution < 1.29 is 4.79 Å². The molecule has 0 aromatic heterocycles. The zero-order valence-electron chi connectivity index (χ0n) is 10.7. The van der Waals surface area contributed by atoms with Crippen LogP contribution in [-0.2, 0) is 4.79 Å². The molecule has 1 aromatic carbocycles. The van der Waals surface area contributed by atoms with Gasteiger partial charge in [0, 0.05) is 11.9 Å². The van der Waals surface area contributed by atoms with Gasteiger partial charge in [-0.15, -0.1) is 0 Å². The highest BCUT2D eigenvalue weighted by molar-refractivity contribution is 7.80. The number of amides is 1. The van der Waals surface area contributed by atoms with E-state index in [0.29, 0.717) is 0 Å². The van der Waals surface area contributed by atoms with Crippen LogP contribution in [0.15, 0.2) is 30.0 Å². The van der Waals surface area contributed by atoms with Gasteiger partial charge in [-0.3, -0.25) is 4.79 Å². The summed E-state index contributed by atoms with van der Waals surface area (Å²) in [7, 11) is 0. The molecule has 0 bridgehead atoms. The van der Waals surface area contributed by atoms with E-state index in [1.807, 2.05) is 32.0 Å². The topological polar surface area (TPSA) is 90.9 Å². The molecule has 19 heavy (non-hydrogen) atoms. The zero-order chi connectivity index (χ0) is 14.4. The molecule has 0 atom stereocenters. The number of nitrogens with two attached hydrogens (primary N) is 1. The second-order valence-corrected chi connectivity index (χ2v) is 4.31. The lowest BCUT2D eigenvalue weighted by molar-refractivity contribution is -0.114. The molecule has 0 unspecified atom stereocenters. The Balaban J connectivity index is 2.77. The van der Waals surface area contributed by atoms with Gasteiger partial charge in [0.2, 0.25) is 0 Å². The van der Waals surface area contributed by atoms with Crippen LogP contribution in [0.25, 0.3) is 0 Å². The molecular weight excluding hydrogens is 260 g/mol. The van der Waals surface area contributed by atoms with Gasteiger partial charge in [0.1, 0.15) is 11.6 Å². The number of nitrogens with zero attached hydrogens (tertiary/aromatic N) is 1. The molecule has 0 heterocycles. The third-order valence-corrected chi connectivity index (χ3v) is 2.67. The highest BCUT2D eigenvalue weighted by Gasteiger charge is 2.05. The summed E-state index contributed by atoms with van der Waals surface area (Å²) < 4.78 is 0. The molecule has 0 aliphatic carbocycles. The second-order valence-electron chi connectivity index (χ2n) is 3.90. The summed E-state index contributed by atoms with van der Waals surface area (Å²) in [6.07, 6.45) is 1.19. The molecule has 0 saturated carbocycles. The summed E-state index contributed by atoms with van der Waals surface area (Å²) in [5, 5.41) is 14.6. The number of anilines is 1. The van der Waals surface area contributed by atoms with E-state index in [0.717, 1.165) is 16.8 Å². The first-order chi connectivity index (χ1) is 8.95. The van der Waals surface area contributed by atoms with Gasteiger partial charge in [-0.2, -0.15) is 5.26 Å². The highest BCUT2D eigenvalue weighted by Crippen LogP contribution is 2.19. The first kappa shape index (κ1) is 14.7. The lowest BCUT2D eigenvalue weighted by atomic mass is 10.1. The highest BCUT2D eigenvalue weighted by atomic mass is 32.1. The third kappa shape index (κ3) is 4.08. The summed E-state index contributed by atoms with van der Waals surface area (Å²) in [5.41, 5.74) is 7.80. The fourth-order valence-electron chi connectivity index (χ4n) is 1.46. The van der Waals surface area contributed by atoms with Crippen LogP contribution in [0.5, 0.6) is 0 Å². The van der Waals surface area contributed by atoms with E-state index >= 15 is 0 Å². The predicted octanol–water partition coefficient (Wildman–Crippen LogP) is 1.48. The molecule has 1 aromatic rings. The number of aryl methyl sites for hydroxylation is 2. The van der Waals surface area contributed by atoms with E-state index in [9.17, 15) is 4.79 Å². The Morgan fingerprint density at radius 1 is 1.42 bits per heavy atom. The van der Waals surface area contributed by atoms with E-state index in [1.165, 1.54) is 6.20 Å². The molecule has 0 aliphatic rings. The molecule has 98 valence electrons. The molecule has 0 radical (unpaired) electrons. The van der Waals surface area contributed by atoms with E-state index in [-0.39, 0.29) is 10.7 Å². The van der Waals surface area contributed by atoms with Crippen molar-refractivity contribution in [3.63, 3.8) is 0 Å². The maximum Gasteiger partial charge on any atom is 0.260 e. The van der Waals surface area contributed by atoms with Crippen LogP contribution < -0.4 is 16.4 Å². The Hall–Kier alpha value is -2.39. The number of carbonyl (C=O) groups is 1. The summed E-state index contributed by atoms with van der Waals surface area (Å²) in [4.78, 5) is 10.8. The van der Waals surface area contributed by atoms with Crippen LogP contribution in [0, 0.1) is 25.2 Å². The molecule has 4 N–H and O–H groups in total. The lowest BCUT2D eigenvalue weighted by Gasteiger charge is -2.13. The lowest BCUT2D eigenvalue weighted by Crippen LogP contribution is -2.26. The first-order valence-electron chi connectivity index (χ1n) is 5.49. The van der Waals surface area contributed by atoms with Gasteiger partial charge in [0.05, 0.1) is 0 Å². The molecule has 5 nitrogen and oxygen atoms in total. The predicted molar refractivity (Wildman–Crippen MR) is 78.2 cm³/mol.